The van der Waals surface area contributed by atoms with Crippen LogP contribution in [0.4, 0.5) is 5.69 Å². The standard InChI is InChI=1S/C26H31N3O4/c1-18-5-6-22(14-19(18)2)29-17-21(15-25(29)31)26(32)27-16-20-9-11-28(12-10-20)24(30)8-7-23-4-3-13-33-23/h3-8,13-14,20-21H,9-12,15-17H2,1-2H3,(H,27,32)/b8-7+. The van der Waals surface area contributed by atoms with E-state index in [1.807, 2.05) is 36.9 Å². The molecule has 1 unspecified atom stereocenters. The van der Waals surface area contributed by atoms with Crippen molar-refractivity contribution < 1.29 is 18.8 Å². The van der Waals surface area contributed by atoms with Crippen LogP contribution in [-0.2, 0) is 14.4 Å². The lowest BCUT2D eigenvalue weighted by molar-refractivity contribution is -0.128. The zero-order valence-electron chi connectivity index (χ0n) is 19.3. The van der Waals surface area contributed by atoms with Crippen molar-refractivity contribution in [2.45, 2.75) is 33.1 Å². The van der Waals surface area contributed by atoms with E-state index in [0.717, 1.165) is 24.1 Å². The first-order valence-electron chi connectivity index (χ1n) is 11.6. The first-order chi connectivity index (χ1) is 15.9. The van der Waals surface area contributed by atoms with Gasteiger partial charge in [0.25, 0.3) is 0 Å². The number of amides is 3. The molecule has 2 fully saturated rings. The number of hydrogen-bond acceptors (Lipinski definition) is 4. The van der Waals surface area contributed by atoms with Gasteiger partial charge in [-0.25, -0.2) is 0 Å². The van der Waals surface area contributed by atoms with Gasteiger partial charge in [-0.3, -0.25) is 14.4 Å². The van der Waals surface area contributed by atoms with E-state index < -0.39 is 0 Å². The minimum Gasteiger partial charge on any atom is -0.465 e. The molecule has 0 radical (unpaired) electrons. The molecule has 1 aromatic heterocycles. The van der Waals surface area contributed by atoms with E-state index in [-0.39, 0.29) is 30.1 Å². The van der Waals surface area contributed by atoms with E-state index in [2.05, 4.69) is 5.32 Å². The minimum atomic E-state index is -0.326. The van der Waals surface area contributed by atoms with Crippen molar-refractivity contribution in [3.8, 4) is 0 Å². The molecule has 0 aliphatic carbocycles. The smallest absolute Gasteiger partial charge is 0.246 e. The molecule has 2 aliphatic rings. The molecule has 7 heteroatoms. The molecule has 7 nitrogen and oxygen atoms in total. The van der Waals surface area contributed by atoms with Crippen molar-refractivity contribution >= 4 is 29.5 Å². The van der Waals surface area contributed by atoms with Crippen LogP contribution in [0.1, 0.15) is 36.1 Å². The number of nitrogens with one attached hydrogen (secondary N) is 1. The molecular weight excluding hydrogens is 418 g/mol. The zero-order chi connectivity index (χ0) is 23.4. The Labute approximate surface area is 194 Å². The molecule has 33 heavy (non-hydrogen) atoms. The Morgan fingerprint density at radius 1 is 1.15 bits per heavy atom. The first-order valence-corrected chi connectivity index (χ1v) is 11.6. The number of benzene rings is 1. The maximum Gasteiger partial charge on any atom is 0.246 e. The summed E-state index contributed by atoms with van der Waals surface area (Å²) < 4.78 is 5.21. The van der Waals surface area contributed by atoms with Gasteiger partial charge >= 0.3 is 0 Å². The summed E-state index contributed by atoms with van der Waals surface area (Å²) in [5.41, 5.74) is 3.17. The van der Waals surface area contributed by atoms with Crippen LogP contribution in [0.2, 0.25) is 0 Å². The molecule has 1 N–H and O–H groups in total. The monoisotopic (exact) mass is 449 g/mol. The van der Waals surface area contributed by atoms with Gasteiger partial charge in [-0.2, -0.15) is 0 Å². The van der Waals surface area contributed by atoms with E-state index in [1.165, 1.54) is 5.56 Å². The van der Waals surface area contributed by atoms with Crippen molar-refractivity contribution in [1.29, 1.82) is 0 Å². The van der Waals surface area contributed by atoms with Crippen molar-refractivity contribution in [3.63, 3.8) is 0 Å². The second kappa shape index (κ2) is 10.1. The van der Waals surface area contributed by atoms with Crippen molar-refractivity contribution in [3.05, 3.63) is 59.6 Å². The van der Waals surface area contributed by atoms with E-state index >= 15 is 0 Å². The number of likely N-dealkylation sites (tertiary alicyclic amines) is 1. The highest BCUT2D eigenvalue weighted by molar-refractivity contribution is 6.00. The van der Waals surface area contributed by atoms with Crippen LogP contribution in [-0.4, -0.2) is 48.8 Å². The highest BCUT2D eigenvalue weighted by Gasteiger charge is 2.35. The van der Waals surface area contributed by atoms with Crippen molar-refractivity contribution in [1.82, 2.24) is 10.2 Å². The lowest BCUT2D eigenvalue weighted by Crippen LogP contribution is -2.42. The van der Waals surface area contributed by atoms with Gasteiger partial charge in [-0.15, -0.1) is 0 Å². The van der Waals surface area contributed by atoms with E-state index in [0.29, 0.717) is 37.9 Å². The molecule has 0 saturated carbocycles. The average Bonchev–Trinajstić information content (AvgIpc) is 3.48. The number of nitrogens with zero attached hydrogens (tertiary/aromatic N) is 2. The lowest BCUT2D eigenvalue weighted by Gasteiger charge is -2.31. The Morgan fingerprint density at radius 3 is 2.64 bits per heavy atom. The van der Waals surface area contributed by atoms with Gasteiger partial charge in [-0.1, -0.05) is 6.07 Å². The summed E-state index contributed by atoms with van der Waals surface area (Å²) in [6.45, 7) is 6.41. The fraction of sp³-hybridized carbons (Fsp3) is 0.423. The summed E-state index contributed by atoms with van der Waals surface area (Å²) in [5, 5.41) is 3.05. The Balaban J connectivity index is 1.21. The third-order valence-electron chi connectivity index (χ3n) is 6.72. The Hall–Kier alpha value is -3.35. The summed E-state index contributed by atoms with van der Waals surface area (Å²) in [6.07, 6.45) is 6.73. The van der Waals surface area contributed by atoms with Gasteiger partial charge in [-0.05, 0) is 74.1 Å². The second-order valence-electron chi connectivity index (χ2n) is 9.04. The third kappa shape index (κ3) is 5.53. The predicted molar refractivity (Wildman–Crippen MR) is 126 cm³/mol. The molecule has 3 heterocycles. The van der Waals surface area contributed by atoms with Gasteiger partial charge in [0.1, 0.15) is 5.76 Å². The molecule has 174 valence electrons. The van der Waals surface area contributed by atoms with Crippen molar-refractivity contribution in [2.75, 3.05) is 31.1 Å². The Morgan fingerprint density at radius 2 is 1.94 bits per heavy atom. The molecule has 4 rings (SSSR count). The molecule has 2 aliphatic heterocycles. The van der Waals surface area contributed by atoms with E-state index in [1.54, 1.807) is 35.4 Å². The molecule has 3 amide bonds. The summed E-state index contributed by atoms with van der Waals surface area (Å²) in [4.78, 5) is 41.1. The van der Waals surface area contributed by atoms with Crippen LogP contribution in [0, 0.1) is 25.7 Å². The number of carbonyl (C=O) groups is 3. The van der Waals surface area contributed by atoms with E-state index in [4.69, 9.17) is 4.42 Å². The Kier molecular flexibility index (Phi) is 6.96. The normalized spacial score (nSPS) is 19.5. The number of piperidine rings is 1. The number of hydrogen-bond donors (Lipinski definition) is 1. The predicted octanol–water partition coefficient (Wildman–Crippen LogP) is 3.32. The summed E-state index contributed by atoms with van der Waals surface area (Å²) in [5.74, 6) is 0.571. The second-order valence-corrected chi connectivity index (χ2v) is 9.04. The fourth-order valence-electron chi connectivity index (χ4n) is 4.42. The van der Waals surface area contributed by atoms with Gasteiger partial charge in [0.15, 0.2) is 0 Å². The Bertz CT molecular complexity index is 1040. The molecule has 2 saturated heterocycles. The van der Waals surface area contributed by atoms with E-state index in [9.17, 15) is 14.4 Å². The first kappa shape index (κ1) is 22.8. The quantitative estimate of drug-likeness (QED) is 0.686. The van der Waals surface area contributed by atoms with Crippen LogP contribution < -0.4 is 10.2 Å². The number of carbonyl (C=O) groups excluding carboxylic acids is 3. The summed E-state index contributed by atoms with van der Waals surface area (Å²) in [7, 11) is 0. The van der Waals surface area contributed by atoms with Crippen LogP contribution in [0.5, 0.6) is 0 Å². The fourth-order valence-corrected chi connectivity index (χ4v) is 4.42. The summed E-state index contributed by atoms with van der Waals surface area (Å²) >= 11 is 0. The minimum absolute atomic E-state index is 0.00664. The highest BCUT2D eigenvalue weighted by Crippen LogP contribution is 2.27. The maximum atomic E-state index is 12.7. The molecule has 0 bridgehead atoms. The highest BCUT2D eigenvalue weighted by atomic mass is 16.3. The number of rotatable bonds is 6. The number of anilines is 1. The number of aryl methyl sites for hydroxylation is 2. The topological polar surface area (TPSA) is 82.9 Å². The molecular formula is C26H31N3O4. The van der Waals surface area contributed by atoms with Crippen molar-refractivity contribution in [2.24, 2.45) is 11.8 Å². The van der Waals surface area contributed by atoms with Gasteiger partial charge < -0.3 is 19.5 Å². The number of furan rings is 1. The zero-order valence-corrected chi connectivity index (χ0v) is 19.3. The third-order valence-corrected chi connectivity index (χ3v) is 6.72. The van der Waals surface area contributed by atoms with Crippen LogP contribution in [0.3, 0.4) is 0 Å². The van der Waals surface area contributed by atoms with Crippen LogP contribution in [0.25, 0.3) is 6.08 Å². The molecule has 1 atom stereocenters. The van der Waals surface area contributed by atoms with Gasteiger partial charge in [0.05, 0.1) is 12.2 Å². The average molecular weight is 450 g/mol. The van der Waals surface area contributed by atoms with Crippen LogP contribution in [0.15, 0.2) is 47.1 Å². The largest absolute Gasteiger partial charge is 0.465 e. The maximum absolute atomic E-state index is 12.7. The molecule has 1 aromatic carbocycles. The lowest BCUT2D eigenvalue weighted by atomic mass is 9.96. The summed E-state index contributed by atoms with van der Waals surface area (Å²) in [6, 6.07) is 9.55. The molecule has 2 aromatic rings. The van der Waals surface area contributed by atoms with Gasteiger partial charge in [0.2, 0.25) is 17.7 Å². The van der Waals surface area contributed by atoms with Gasteiger partial charge in [0, 0.05) is 44.4 Å². The SMILES string of the molecule is Cc1ccc(N2CC(C(=O)NCC3CCN(C(=O)/C=C/c4ccco4)CC3)CC2=O)cc1C. The van der Waals surface area contributed by atoms with Crippen LogP contribution >= 0.6 is 0 Å². The molecule has 0 spiro atoms.